The van der Waals surface area contributed by atoms with Gasteiger partial charge in [-0.25, -0.2) is 64.4 Å². The van der Waals surface area contributed by atoms with E-state index >= 15 is 0 Å². The molecule has 0 amide bonds. The van der Waals surface area contributed by atoms with Crippen molar-refractivity contribution in [3.63, 3.8) is 0 Å². The second-order valence-corrected chi connectivity index (χ2v) is 25.6. The smallest absolute Gasteiger partial charge is 0.338 e. The minimum Gasteiger partial charge on any atom is -0.338 e. The van der Waals surface area contributed by atoms with E-state index in [1.54, 1.807) is 91.0 Å². The first-order valence-corrected chi connectivity index (χ1v) is 32.3. The number of aromatic nitrogens is 6. The number of hydrogen-bond acceptors (Lipinski definition) is 9. The van der Waals surface area contributed by atoms with Crippen LogP contribution in [0.15, 0.2) is 207 Å². The van der Waals surface area contributed by atoms with Gasteiger partial charge in [-0.3, -0.25) is 0 Å². The number of hydrogen-bond donors (Lipinski definition) is 6. The minimum atomic E-state index is -4.79. The highest BCUT2D eigenvalue weighted by Gasteiger charge is 2.35. The molecule has 0 bridgehead atoms. The summed E-state index contributed by atoms with van der Waals surface area (Å²) in [5, 5.41) is 16.0. The fourth-order valence-electron chi connectivity index (χ4n) is 9.62. The van der Waals surface area contributed by atoms with Crippen molar-refractivity contribution in [3.8, 4) is 33.4 Å². The van der Waals surface area contributed by atoms with Gasteiger partial charge in [0.2, 0.25) is 30.1 Å². The number of nitrogens with one attached hydrogen (secondary N) is 3. The first kappa shape index (κ1) is 65.2. The Bertz CT molecular complexity index is 5260. The molecule has 0 atom stereocenters. The molecule has 468 valence electrons. The van der Waals surface area contributed by atoms with E-state index in [-0.39, 0.29) is 37.5 Å². The third kappa shape index (κ3) is 15.3. The van der Waals surface area contributed by atoms with Crippen LogP contribution in [0.4, 0.5) is 35.1 Å². The molecule has 12 aromatic rings. The summed E-state index contributed by atoms with van der Waals surface area (Å²) in [6.45, 7) is 0. The number of nitrogens with zero attached hydrogens (tertiary/aromatic N) is 3. The fourth-order valence-corrected chi connectivity index (χ4v) is 12.3. The highest BCUT2D eigenvalue weighted by molar-refractivity contribution is 9.10. The van der Waals surface area contributed by atoms with Crippen LogP contribution in [0.3, 0.4) is 0 Å². The molecule has 15 nitrogen and oxygen atoms in total. The molecule has 27 heteroatoms. The standard InChI is InChI=1S/2C22H15F4N3O2S.C21H16BrN3O2S/c23-21-13(4-3-6-16(21)22(24,25)26)9-11-20-28-17-10-8-14(12-18(17)29-20)15-5-1-2-7-19(15)32(27,30)31;23-15-8-5-13(17(12-15)22(24,25)26)7-10-21-28-18-9-6-14(11-19(18)29-21)16-3-1-2-4-20(16)32(27,30)31;22-17-7-3-1-5-14(17)10-12-21-24-18-11-9-15(13-19(18)25-21)16-6-2-4-8-20(16)28(23,26)27/h2*1-12H,(H,28,29)(H2,27,30,31);1-13H,(H,24,25)(H2,23,26,27)/b11-9+;10-7+;12-10+. The van der Waals surface area contributed by atoms with Crippen LogP contribution in [0, 0.1) is 11.6 Å². The Hall–Kier alpha value is -9.74. The zero-order valence-corrected chi connectivity index (χ0v) is 51.0. The monoisotopic (exact) mass is 1380 g/mol. The van der Waals surface area contributed by atoms with E-state index in [4.69, 9.17) is 15.4 Å². The average molecular weight is 1380 g/mol. The average Bonchev–Trinajstić information content (AvgIpc) is 1.45. The second-order valence-electron chi connectivity index (χ2n) is 20.1. The third-order valence-corrected chi connectivity index (χ3v) is 17.5. The van der Waals surface area contributed by atoms with Crippen molar-refractivity contribution < 1.29 is 60.4 Å². The number of primary sulfonamides is 3. The van der Waals surface area contributed by atoms with Gasteiger partial charge < -0.3 is 15.0 Å². The highest BCUT2D eigenvalue weighted by Crippen LogP contribution is 2.37. The number of aromatic amines is 3. The quantitative estimate of drug-likeness (QED) is 0.0634. The van der Waals surface area contributed by atoms with E-state index in [9.17, 15) is 60.4 Å². The zero-order chi connectivity index (χ0) is 65.9. The number of sulfonamides is 3. The number of halogens is 9. The number of rotatable bonds is 12. The number of imidazole rings is 3. The first-order valence-electron chi connectivity index (χ1n) is 26.8. The van der Waals surface area contributed by atoms with Crippen LogP contribution in [0.25, 0.3) is 103 Å². The molecular weight excluding hydrogens is 1330 g/mol. The molecule has 3 aromatic heterocycles. The Labute approximate surface area is 528 Å². The Balaban J connectivity index is 0.000000152. The van der Waals surface area contributed by atoms with E-state index < -0.39 is 65.2 Å². The molecule has 9 N–H and O–H groups in total. The molecule has 12 rings (SSSR count). The SMILES string of the molecule is NS(=O)(=O)c1ccccc1-c1ccc2nc(/C=C/c3ccc(F)cc3C(F)(F)F)[nH]c2c1.NS(=O)(=O)c1ccccc1-c1ccc2nc(/C=C/c3cccc(C(F)(F)F)c3F)[nH]c2c1.NS(=O)(=O)c1ccccc1-c1ccc2nc(/C=C/c3ccccc3Br)[nH]c2c1. The van der Waals surface area contributed by atoms with Crippen LogP contribution in [0.1, 0.15) is 45.3 Å². The lowest BCUT2D eigenvalue weighted by Gasteiger charge is -2.10. The summed E-state index contributed by atoms with van der Waals surface area (Å²) in [4.78, 5) is 22.4. The van der Waals surface area contributed by atoms with Crippen LogP contribution in [-0.4, -0.2) is 55.2 Å². The molecule has 0 saturated carbocycles. The summed E-state index contributed by atoms with van der Waals surface area (Å²) >= 11 is 3.52. The number of fused-ring (bicyclic) bond motifs is 3. The predicted molar refractivity (Wildman–Crippen MR) is 342 cm³/mol. The third-order valence-electron chi connectivity index (χ3n) is 13.8. The van der Waals surface area contributed by atoms with Gasteiger partial charge in [-0.2, -0.15) is 26.3 Å². The lowest BCUT2D eigenvalue weighted by Crippen LogP contribution is -2.13. The predicted octanol–water partition coefficient (Wildman–Crippen LogP) is 15.2. The van der Waals surface area contributed by atoms with Gasteiger partial charge in [0.1, 0.15) is 29.1 Å². The number of benzene rings is 9. The molecular formula is C65H46BrF8N9O6S3. The first-order chi connectivity index (χ1) is 43.5. The molecule has 0 aliphatic rings. The van der Waals surface area contributed by atoms with Crippen molar-refractivity contribution in [3.05, 3.63) is 249 Å². The molecule has 0 aliphatic heterocycles. The molecule has 92 heavy (non-hydrogen) atoms. The zero-order valence-electron chi connectivity index (χ0n) is 47.0. The van der Waals surface area contributed by atoms with E-state index in [0.29, 0.717) is 67.8 Å². The van der Waals surface area contributed by atoms with Crippen LogP contribution in [0.2, 0.25) is 0 Å². The normalized spacial score (nSPS) is 12.5. The Morgan fingerprint density at radius 3 is 1.13 bits per heavy atom. The van der Waals surface area contributed by atoms with Gasteiger partial charge in [0.25, 0.3) is 0 Å². The summed E-state index contributed by atoms with van der Waals surface area (Å²) in [5.41, 5.74) is 5.21. The molecule has 3 heterocycles. The van der Waals surface area contributed by atoms with Gasteiger partial charge in [0.15, 0.2) is 0 Å². The van der Waals surface area contributed by atoms with E-state index in [0.717, 1.165) is 44.8 Å². The van der Waals surface area contributed by atoms with Gasteiger partial charge in [-0.15, -0.1) is 0 Å². The maximum atomic E-state index is 14.2. The fraction of sp³-hybridized carbons (Fsp3) is 0.0308. The van der Waals surface area contributed by atoms with Crippen molar-refractivity contribution in [1.82, 2.24) is 29.9 Å². The van der Waals surface area contributed by atoms with Gasteiger partial charge in [0.05, 0.1) is 58.9 Å². The summed E-state index contributed by atoms with van der Waals surface area (Å²) in [5.74, 6) is -1.08. The van der Waals surface area contributed by atoms with Crippen LogP contribution >= 0.6 is 15.9 Å². The van der Waals surface area contributed by atoms with E-state index in [1.165, 1.54) is 48.6 Å². The number of alkyl halides is 6. The van der Waals surface area contributed by atoms with Crippen LogP contribution in [0.5, 0.6) is 0 Å². The summed E-state index contributed by atoms with van der Waals surface area (Å²) in [6.07, 6.45) is -0.539. The van der Waals surface area contributed by atoms with Gasteiger partial charge in [-0.05, 0) is 131 Å². The Morgan fingerprint density at radius 2 is 0.739 bits per heavy atom. The lowest BCUT2D eigenvalue weighted by atomic mass is 10.1. The van der Waals surface area contributed by atoms with E-state index in [2.05, 4.69) is 45.8 Å². The van der Waals surface area contributed by atoms with Crippen molar-refractivity contribution in [2.45, 2.75) is 27.0 Å². The van der Waals surface area contributed by atoms with Gasteiger partial charge >= 0.3 is 12.4 Å². The Morgan fingerprint density at radius 1 is 0.380 bits per heavy atom. The van der Waals surface area contributed by atoms with Crippen molar-refractivity contribution in [2.75, 3.05) is 0 Å². The minimum absolute atomic E-state index is 0.0287. The molecule has 0 saturated heterocycles. The lowest BCUT2D eigenvalue weighted by molar-refractivity contribution is -0.140. The summed E-state index contributed by atoms with van der Waals surface area (Å²) < 4.78 is 178. The van der Waals surface area contributed by atoms with Crippen LogP contribution < -0.4 is 15.4 Å². The molecule has 0 spiro atoms. The topological polar surface area (TPSA) is 267 Å². The van der Waals surface area contributed by atoms with E-state index in [1.807, 2.05) is 54.6 Å². The van der Waals surface area contributed by atoms with Gasteiger partial charge in [0, 0.05) is 26.7 Å². The number of nitrogens with two attached hydrogens (primary N) is 3. The largest absolute Gasteiger partial charge is 0.419 e. The van der Waals surface area contributed by atoms with Gasteiger partial charge in [-0.1, -0.05) is 137 Å². The molecule has 0 unspecified atom stereocenters. The van der Waals surface area contributed by atoms with Crippen molar-refractivity contribution >= 4 is 116 Å². The second kappa shape index (κ2) is 26.2. The molecule has 9 aromatic carbocycles. The molecule has 0 fully saturated rings. The molecule has 0 radical (unpaired) electrons. The maximum Gasteiger partial charge on any atom is 0.419 e. The van der Waals surface area contributed by atoms with Crippen LogP contribution in [-0.2, 0) is 42.4 Å². The van der Waals surface area contributed by atoms with Crippen molar-refractivity contribution in [1.29, 1.82) is 0 Å². The summed E-state index contributed by atoms with van der Waals surface area (Å²) in [7, 11) is -11.7. The summed E-state index contributed by atoms with van der Waals surface area (Å²) in [6, 6.07) is 48.2. The maximum absolute atomic E-state index is 14.2. The molecule has 0 aliphatic carbocycles. The number of H-pyrrole nitrogens is 3. The highest BCUT2D eigenvalue weighted by atomic mass is 79.9. The van der Waals surface area contributed by atoms with Crippen molar-refractivity contribution in [2.24, 2.45) is 15.4 Å². The Kier molecular flexibility index (Phi) is 18.6.